The summed E-state index contributed by atoms with van der Waals surface area (Å²) in [5.74, 6) is -0.397. The largest absolute Gasteiger partial charge is 0.444 e. The van der Waals surface area contributed by atoms with Gasteiger partial charge in [0, 0.05) is 24.4 Å². The third-order valence-electron chi connectivity index (χ3n) is 4.31. The number of hydrogen-bond acceptors (Lipinski definition) is 4. The van der Waals surface area contributed by atoms with Gasteiger partial charge in [0.15, 0.2) is 10.4 Å². The first kappa shape index (κ1) is 21.8. The molecule has 0 saturated carbocycles. The van der Waals surface area contributed by atoms with E-state index in [2.05, 4.69) is 38.7 Å². The second-order valence-electron chi connectivity index (χ2n) is 6.60. The molecule has 6 nitrogen and oxygen atoms in total. The van der Waals surface area contributed by atoms with Crippen LogP contribution in [0.1, 0.15) is 32.9 Å². The highest BCUT2D eigenvalue weighted by atomic mass is 79.9. The summed E-state index contributed by atoms with van der Waals surface area (Å²) in [6.45, 7) is 1.76. The van der Waals surface area contributed by atoms with Gasteiger partial charge in [-0.05, 0) is 64.7 Å². The van der Waals surface area contributed by atoms with Gasteiger partial charge >= 0.3 is 0 Å². The molecule has 0 bridgehead atoms. The molecule has 0 radical (unpaired) electrons. The highest BCUT2D eigenvalue weighted by molar-refractivity contribution is 9.10. The molecule has 3 rings (SSSR count). The smallest absolute Gasteiger partial charge is 0.291 e. The van der Waals surface area contributed by atoms with E-state index in [0.29, 0.717) is 35.7 Å². The Bertz CT molecular complexity index is 972. The summed E-state index contributed by atoms with van der Waals surface area (Å²) in [7, 11) is 0. The summed E-state index contributed by atoms with van der Waals surface area (Å²) in [6, 6.07) is 20.1. The molecule has 0 atom stereocenters. The number of carbonyl (C=O) groups is 2. The standard InChI is InChI=1S/C23H23BrN2O4/c24-21-11-10-20(30-21)23(28)26-19-9-4-8-18(16-19)22(27)25-13-5-14-29-15-12-17-6-2-1-3-7-17/h1-4,6-11,16H,5,12-15H2,(H,25,27)(H,26,28). The molecular weight excluding hydrogens is 448 g/mol. The second kappa shape index (κ2) is 11.3. The molecule has 30 heavy (non-hydrogen) atoms. The van der Waals surface area contributed by atoms with E-state index in [1.54, 1.807) is 36.4 Å². The maximum Gasteiger partial charge on any atom is 0.291 e. The van der Waals surface area contributed by atoms with E-state index >= 15 is 0 Å². The zero-order valence-corrected chi connectivity index (χ0v) is 18.0. The number of hydrogen-bond donors (Lipinski definition) is 2. The van der Waals surface area contributed by atoms with Gasteiger partial charge in [-0.3, -0.25) is 9.59 Å². The average molecular weight is 471 g/mol. The van der Waals surface area contributed by atoms with E-state index in [-0.39, 0.29) is 17.6 Å². The fraction of sp³-hybridized carbons (Fsp3) is 0.217. The second-order valence-corrected chi connectivity index (χ2v) is 7.38. The highest BCUT2D eigenvalue weighted by Gasteiger charge is 2.12. The number of anilines is 1. The lowest BCUT2D eigenvalue weighted by molar-refractivity contribution is 0.0940. The molecule has 7 heteroatoms. The van der Waals surface area contributed by atoms with Gasteiger partial charge in [-0.15, -0.1) is 0 Å². The first-order valence-electron chi connectivity index (χ1n) is 9.68. The van der Waals surface area contributed by atoms with Crippen LogP contribution in [0.5, 0.6) is 0 Å². The van der Waals surface area contributed by atoms with Crippen molar-refractivity contribution in [1.29, 1.82) is 0 Å². The predicted molar refractivity (Wildman–Crippen MR) is 119 cm³/mol. The molecule has 0 unspecified atom stereocenters. The summed E-state index contributed by atoms with van der Waals surface area (Å²) in [6.07, 6.45) is 1.60. The molecule has 1 aromatic heterocycles. The van der Waals surface area contributed by atoms with Crippen molar-refractivity contribution in [2.75, 3.05) is 25.1 Å². The molecule has 2 N–H and O–H groups in total. The quantitative estimate of drug-likeness (QED) is 0.421. The summed E-state index contributed by atoms with van der Waals surface area (Å²) >= 11 is 3.16. The van der Waals surface area contributed by atoms with Crippen molar-refractivity contribution in [3.8, 4) is 0 Å². The van der Waals surface area contributed by atoms with Crippen LogP contribution in [-0.2, 0) is 11.2 Å². The van der Waals surface area contributed by atoms with Crippen LogP contribution in [0.3, 0.4) is 0 Å². The fourth-order valence-corrected chi connectivity index (χ4v) is 3.09. The Morgan fingerprint density at radius 3 is 2.53 bits per heavy atom. The average Bonchev–Trinajstić information content (AvgIpc) is 3.20. The maximum atomic E-state index is 12.3. The number of rotatable bonds is 10. The normalized spacial score (nSPS) is 10.6. The van der Waals surface area contributed by atoms with E-state index < -0.39 is 0 Å². The lowest BCUT2D eigenvalue weighted by Crippen LogP contribution is -2.25. The van der Waals surface area contributed by atoms with Gasteiger partial charge in [-0.25, -0.2) is 0 Å². The molecule has 2 amide bonds. The number of carbonyl (C=O) groups excluding carboxylic acids is 2. The summed E-state index contributed by atoms with van der Waals surface area (Å²) in [5.41, 5.74) is 2.24. The van der Waals surface area contributed by atoms with Crippen LogP contribution in [0.15, 0.2) is 75.8 Å². The Kier molecular flexibility index (Phi) is 8.23. The van der Waals surface area contributed by atoms with Crippen molar-refractivity contribution >= 4 is 33.4 Å². The molecule has 2 aromatic carbocycles. The minimum Gasteiger partial charge on any atom is -0.444 e. The molecular formula is C23H23BrN2O4. The van der Waals surface area contributed by atoms with E-state index in [4.69, 9.17) is 9.15 Å². The Morgan fingerprint density at radius 2 is 1.77 bits per heavy atom. The molecule has 0 aliphatic carbocycles. The van der Waals surface area contributed by atoms with Crippen LogP contribution in [-0.4, -0.2) is 31.6 Å². The van der Waals surface area contributed by atoms with Crippen LogP contribution in [0.4, 0.5) is 5.69 Å². The van der Waals surface area contributed by atoms with Gasteiger partial charge in [0.05, 0.1) is 6.61 Å². The molecule has 0 fully saturated rings. The fourth-order valence-electron chi connectivity index (χ4n) is 2.78. The molecule has 0 aliphatic heterocycles. The maximum absolute atomic E-state index is 12.3. The van der Waals surface area contributed by atoms with Gasteiger partial charge in [-0.2, -0.15) is 0 Å². The van der Waals surface area contributed by atoms with Gasteiger partial charge in [0.25, 0.3) is 11.8 Å². The molecule has 1 heterocycles. The first-order valence-corrected chi connectivity index (χ1v) is 10.5. The Balaban J connectivity index is 1.37. The third kappa shape index (κ3) is 6.86. The number of halogens is 1. The van der Waals surface area contributed by atoms with Gasteiger partial charge in [0.1, 0.15) is 0 Å². The van der Waals surface area contributed by atoms with E-state index in [1.807, 2.05) is 18.2 Å². The number of nitrogens with one attached hydrogen (secondary N) is 2. The molecule has 0 spiro atoms. The van der Waals surface area contributed by atoms with Crippen molar-refractivity contribution in [2.24, 2.45) is 0 Å². The van der Waals surface area contributed by atoms with Crippen molar-refractivity contribution in [3.63, 3.8) is 0 Å². The van der Waals surface area contributed by atoms with Crippen LogP contribution in [0, 0.1) is 0 Å². The number of ether oxygens (including phenoxy) is 1. The minimum atomic E-state index is -0.383. The lowest BCUT2D eigenvalue weighted by atomic mass is 10.2. The van der Waals surface area contributed by atoms with Crippen molar-refractivity contribution in [2.45, 2.75) is 12.8 Å². The summed E-state index contributed by atoms with van der Waals surface area (Å²) < 4.78 is 11.3. The zero-order valence-electron chi connectivity index (χ0n) is 16.4. The Labute approximate surface area is 183 Å². The molecule has 3 aromatic rings. The van der Waals surface area contributed by atoms with Crippen molar-refractivity contribution < 1.29 is 18.7 Å². The first-order chi connectivity index (χ1) is 14.6. The van der Waals surface area contributed by atoms with Crippen molar-refractivity contribution in [1.82, 2.24) is 5.32 Å². The molecule has 0 aliphatic rings. The van der Waals surface area contributed by atoms with E-state index in [9.17, 15) is 9.59 Å². The summed E-state index contributed by atoms with van der Waals surface area (Å²) in [4.78, 5) is 24.5. The van der Waals surface area contributed by atoms with Crippen LogP contribution < -0.4 is 10.6 Å². The topological polar surface area (TPSA) is 80.6 Å². The van der Waals surface area contributed by atoms with Gasteiger partial charge in [-0.1, -0.05) is 36.4 Å². The minimum absolute atomic E-state index is 0.184. The van der Waals surface area contributed by atoms with Gasteiger partial charge < -0.3 is 19.8 Å². The summed E-state index contributed by atoms with van der Waals surface area (Å²) in [5, 5.41) is 5.58. The van der Waals surface area contributed by atoms with Gasteiger partial charge in [0.2, 0.25) is 0 Å². The molecule has 156 valence electrons. The number of benzene rings is 2. The molecule has 0 saturated heterocycles. The Morgan fingerprint density at radius 1 is 0.933 bits per heavy atom. The lowest BCUT2D eigenvalue weighted by Gasteiger charge is -2.08. The zero-order chi connectivity index (χ0) is 21.2. The number of amides is 2. The highest BCUT2D eigenvalue weighted by Crippen LogP contribution is 2.17. The van der Waals surface area contributed by atoms with E-state index in [0.717, 1.165) is 12.8 Å². The third-order valence-corrected chi connectivity index (χ3v) is 4.73. The SMILES string of the molecule is O=C(NCCCOCCc1ccccc1)c1cccc(NC(=O)c2ccc(Br)o2)c1. The van der Waals surface area contributed by atoms with Crippen LogP contribution >= 0.6 is 15.9 Å². The van der Waals surface area contributed by atoms with Crippen molar-refractivity contribution in [3.05, 3.63) is 88.3 Å². The van der Waals surface area contributed by atoms with Crippen LogP contribution in [0.25, 0.3) is 0 Å². The Hall–Kier alpha value is -2.90. The van der Waals surface area contributed by atoms with E-state index in [1.165, 1.54) is 5.56 Å². The predicted octanol–water partition coefficient (Wildman–Crippen LogP) is 4.67. The monoisotopic (exact) mass is 470 g/mol. The van der Waals surface area contributed by atoms with Crippen LogP contribution in [0.2, 0.25) is 0 Å². The number of furan rings is 1.